The first-order valence-corrected chi connectivity index (χ1v) is 6.67. The Balaban J connectivity index is 2.36. The lowest BCUT2D eigenvalue weighted by molar-refractivity contribution is 0.197. The molecule has 1 heterocycles. The molecule has 5 nitrogen and oxygen atoms in total. The molecule has 1 atom stereocenters. The van der Waals surface area contributed by atoms with E-state index in [-0.39, 0.29) is 6.04 Å². The van der Waals surface area contributed by atoms with Gasteiger partial charge in [0.05, 0.1) is 24.4 Å². The maximum atomic E-state index is 6.01. The first kappa shape index (κ1) is 13.4. The fraction of sp³-hybridized carbons (Fsp3) is 0.769. The molecule has 5 heteroatoms. The Morgan fingerprint density at radius 3 is 2.67 bits per heavy atom. The van der Waals surface area contributed by atoms with Crippen LogP contribution in [0.1, 0.15) is 37.1 Å². The zero-order valence-electron chi connectivity index (χ0n) is 11.8. The van der Waals surface area contributed by atoms with Crippen LogP contribution in [0, 0.1) is 6.92 Å². The smallest absolute Gasteiger partial charge is 0.216 e. The number of ether oxygens (including phenoxy) is 1. The highest BCUT2D eigenvalue weighted by Gasteiger charge is 2.35. The maximum absolute atomic E-state index is 6.01. The Morgan fingerprint density at radius 1 is 1.56 bits per heavy atom. The molecule has 1 aliphatic rings. The van der Waals surface area contributed by atoms with Gasteiger partial charge in [-0.3, -0.25) is 4.90 Å². The molecular weight excluding hydrogens is 228 g/mol. The van der Waals surface area contributed by atoms with Crippen LogP contribution >= 0.6 is 0 Å². The van der Waals surface area contributed by atoms with E-state index < -0.39 is 0 Å². The Labute approximate surface area is 109 Å². The highest BCUT2D eigenvalue weighted by molar-refractivity contribution is 5.35. The van der Waals surface area contributed by atoms with Crippen molar-refractivity contribution in [1.29, 1.82) is 0 Å². The minimum Gasteiger partial charge on any atom is -0.481 e. The minimum atomic E-state index is 0.214. The van der Waals surface area contributed by atoms with Crippen molar-refractivity contribution in [2.24, 2.45) is 12.8 Å². The van der Waals surface area contributed by atoms with Crippen LogP contribution < -0.4 is 10.5 Å². The highest BCUT2D eigenvalue weighted by Crippen LogP contribution is 2.37. The summed E-state index contributed by atoms with van der Waals surface area (Å²) in [4.78, 5) is 2.48. The summed E-state index contributed by atoms with van der Waals surface area (Å²) in [5.74, 6) is 0.835. The molecule has 0 saturated heterocycles. The Bertz CT molecular complexity index is 411. The average molecular weight is 252 g/mol. The van der Waals surface area contributed by atoms with E-state index in [4.69, 9.17) is 10.5 Å². The summed E-state index contributed by atoms with van der Waals surface area (Å²) in [6.45, 7) is 5.84. The fourth-order valence-electron chi connectivity index (χ4n) is 2.84. The van der Waals surface area contributed by atoms with Gasteiger partial charge in [0.15, 0.2) is 0 Å². The lowest BCUT2D eigenvalue weighted by Gasteiger charge is -2.30. The SMILES string of the molecule is CCN(C1CC1)C(CN)c1c(C)nn(C)c1OC. The van der Waals surface area contributed by atoms with Gasteiger partial charge in [0.1, 0.15) is 0 Å². The number of hydrogen-bond acceptors (Lipinski definition) is 4. The number of nitrogens with zero attached hydrogens (tertiary/aromatic N) is 3. The third kappa shape index (κ3) is 2.24. The largest absolute Gasteiger partial charge is 0.481 e. The average Bonchev–Trinajstić information content (AvgIpc) is 3.13. The molecule has 2 rings (SSSR count). The number of nitrogens with two attached hydrogens (primary N) is 1. The van der Waals surface area contributed by atoms with Crippen molar-refractivity contribution in [3.8, 4) is 5.88 Å². The van der Waals surface area contributed by atoms with E-state index in [1.165, 1.54) is 12.8 Å². The lowest BCUT2D eigenvalue weighted by atomic mass is 10.1. The molecule has 1 fully saturated rings. The standard InChI is InChI=1S/C13H24N4O/c1-5-17(10-6-7-10)11(8-14)12-9(2)15-16(3)13(12)18-4/h10-11H,5-8,14H2,1-4H3. The molecule has 0 bridgehead atoms. The summed E-state index contributed by atoms with van der Waals surface area (Å²) in [6.07, 6.45) is 2.57. The van der Waals surface area contributed by atoms with Crippen molar-refractivity contribution in [2.75, 3.05) is 20.2 Å². The molecule has 0 aromatic carbocycles. The summed E-state index contributed by atoms with van der Waals surface area (Å²) in [7, 11) is 3.61. The number of aromatic nitrogens is 2. The fourth-order valence-corrected chi connectivity index (χ4v) is 2.84. The third-order valence-electron chi connectivity index (χ3n) is 3.75. The third-order valence-corrected chi connectivity index (χ3v) is 3.75. The molecule has 1 aromatic heterocycles. The van der Waals surface area contributed by atoms with Crippen LogP contribution in [0.2, 0.25) is 0 Å². The second kappa shape index (κ2) is 5.28. The van der Waals surface area contributed by atoms with Crippen LogP contribution in [0.15, 0.2) is 0 Å². The maximum Gasteiger partial charge on any atom is 0.216 e. The number of hydrogen-bond donors (Lipinski definition) is 1. The van der Waals surface area contributed by atoms with E-state index in [2.05, 4.69) is 16.9 Å². The van der Waals surface area contributed by atoms with Gasteiger partial charge in [0.25, 0.3) is 0 Å². The second-order valence-electron chi connectivity index (χ2n) is 4.95. The van der Waals surface area contributed by atoms with Gasteiger partial charge in [-0.05, 0) is 26.3 Å². The van der Waals surface area contributed by atoms with Crippen molar-refractivity contribution in [1.82, 2.24) is 14.7 Å². The van der Waals surface area contributed by atoms with Crippen LogP contribution in [-0.4, -0.2) is 40.9 Å². The van der Waals surface area contributed by atoms with Gasteiger partial charge in [-0.25, -0.2) is 4.68 Å². The van der Waals surface area contributed by atoms with E-state index in [0.29, 0.717) is 12.6 Å². The molecule has 0 amide bonds. The number of rotatable bonds is 6. The number of likely N-dealkylation sites (N-methyl/N-ethyl adjacent to an activating group) is 1. The van der Waals surface area contributed by atoms with E-state index in [1.54, 1.807) is 11.8 Å². The summed E-state index contributed by atoms with van der Waals surface area (Å²) in [5.41, 5.74) is 8.18. The van der Waals surface area contributed by atoms with Gasteiger partial charge in [0, 0.05) is 19.6 Å². The van der Waals surface area contributed by atoms with Gasteiger partial charge in [-0.2, -0.15) is 5.10 Å². The second-order valence-corrected chi connectivity index (χ2v) is 4.95. The van der Waals surface area contributed by atoms with Gasteiger partial charge in [-0.1, -0.05) is 6.92 Å². The van der Waals surface area contributed by atoms with Crippen LogP contribution in [0.3, 0.4) is 0 Å². The highest BCUT2D eigenvalue weighted by atomic mass is 16.5. The van der Waals surface area contributed by atoms with Crippen LogP contribution in [0.25, 0.3) is 0 Å². The van der Waals surface area contributed by atoms with Crippen molar-refractivity contribution in [2.45, 2.75) is 38.8 Å². The molecule has 1 aliphatic carbocycles. The summed E-state index contributed by atoms with van der Waals surface area (Å²) >= 11 is 0. The predicted octanol–water partition coefficient (Wildman–Crippen LogP) is 1.22. The minimum absolute atomic E-state index is 0.214. The van der Waals surface area contributed by atoms with Gasteiger partial charge >= 0.3 is 0 Å². The van der Waals surface area contributed by atoms with Gasteiger partial charge in [-0.15, -0.1) is 0 Å². The summed E-state index contributed by atoms with van der Waals surface area (Å²) < 4.78 is 7.29. The molecule has 2 N–H and O–H groups in total. The monoisotopic (exact) mass is 252 g/mol. The Kier molecular flexibility index (Phi) is 3.92. The molecular formula is C13H24N4O. The molecule has 0 spiro atoms. The predicted molar refractivity (Wildman–Crippen MR) is 71.7 cm³/mol. The number of aryl methyl sites for hydroxylation is 2. The zero-order valence-corrected chi connectivity index (χ0v) is 11.8. The molecule has 18 heavy (non-hydrogen) atoms. The molecule has 102 valence electrons. The molecule has 0 aliphatic heterocycles. The van der Waals surface area contributed by atoms with E-state index >= 15 is 0 Å². The van der Waals surface area contributed by atoms with E-state index in [0.717, 1.165) is 23.7 Å². The summed E-state index contributed by atoms with van der Waals surface area (Å²) in [5, 5.41) is 4.46. The van der Waals surface area contributed by atoms with E-state index in [1.807, 2.05) is 14.0 Å². The summed E-state index contributed by atoms with van der Waals surface area (Å²) in [6, 6.07) is 0.902. The van der Waals surface area contributed by atoms with Crippen LogP contribution in [-0.2, 0) is 7.05 Å². The quantitative estimate of drug-likeness (QED) is 0.827. The zero-order chi connectivity index (χ0) is 13.3. The van der Waals surface area contributed by atoms with Crippen LogP contribution in [0.5, 0.6) is 5.88 Å². The number of methoxy groups -OCH3 is 1. The molecule has 0 radical (unpaired) electrons. The van der Waals surface area contributed by atoms with Gasteiger partial charge < -0.3 is 10.5 Å². The first-order valence-electron chi connectivity index (χ1n) is 6.67. The topological polar surface area (TPSA) is 56.3 Å². The molecule has 1 saturated carbocycles. The van der Waals surface area contributed by atoms with Crippen molar-refractivity contribution >= 4 is 0 Å². The van der Waals surface area contributed by atoms with E-state index in [9.17, 15) is 0 Å². The molecule has 1 unspecified atom stereocenters. The normalized spacial score (nSPS) is 17.2. The van der Waals surface area contributed by atoms with Crippen molar-refractivity contribution in [3.63, 3.8) is 0 Å². The Morgan fingerprint density at radius 2 is 2.22 bits per heavy atom. The van der Waals surface area contributed by atoms with Crippen molar-refractivity contribution < 1.29 is 4.74 Å². The molecule has 1 aromatic rings. The van der Waals surface area contributed by atoms with Gasteiger partial charge in [0.2, 0.25) is 5.88 Å². The first-order chi connectivity index (χ1) is 8.63. The van der Waals surface area contributed by atoms with Crippen LogP contribution in [0.4, 0.5) is 0 Å². The Hall–Kier alpha value is -1.07. The van der Waals surface area contributed by atoms with Crippen molar-refractivity contribution in [3.05, 3.63) is 11.3 Å². The lowest BCUT2D eigenvalue weighted by Crippen LogP contribution is -2.35.